The minimum absolute atomic E-state index is 0.0176. The van der Waals surface area contributed by atoms with E-state index in [0.29, 0.717) is 34.4 Å². The van der Waals surface area contributed by atoms with Crippen LogP contribution in [0.4, 0.5) is 0 Å². The Hall–Kier alpha value is -3.61. The summed E-state index contributed by atoms with van der Waals surface area (Å²) in [5, 5.41) is 2.91. The highest BCUT2D eigenvalue weighted by molar-refractivity contribution is 5.98. The van der Waals surface area contributed by atoms with E-state index >= 15 is 0 Å². The average Bonchev–Trinajstić information content (AvgIpc) is 3.17. The van der Waals surface area contributed by atoms with Crippen LogP contribution in [0.25, 0.3) is 11.5 Å². The number of Topliss-reactive ketones (excluding diaryl/α,β-unsaturated/α-hetero) is 1. The van der Waals surface area contributed by atoms with Gasteiger partial charge in [0, 0.05) is 11.6 Å². The molecule has 3 aromatic rings. The van der Waals surface area contributed by atoms with Crippen molar-refractivity contribution in [2.75, 3.05) is 14.2 Å². The fraction of sp³-hybridized carbons (Fsp3) is 0.346. The van der Waals surface area contributed by atoms with Crippen LogP contribution in [0.2, 0.25) is 0 Å². The number of aryl methyl sites for hydroxylation is 2. The number of hydrogen-bond acceptors (Lipinski definition) is 6. The van der Waals surface area contributed by atoms with Crippen molar-refractivity contribution >= 4 is 11.7 Å². The Balaban J connectivity index is 1.54. The fourth-order valence-corrected chi connectivity index (χ4v) is 3.54. The first-order chi connectivity index (χ1) is 15.9. The number of methoxy groups -OCH3 is 2. The molecule has 7 heteroatoms. The smallest absolute Gasteiger partial charge is 0.227 e. The maximum atomic E-state index is 12.5. The van der Waals surface area contributed by atoms with Crippen LogP contribution in [0.5, 0.6) is 11.5 Å². The number of benzene rings is 2. The van der Waals surface area contributed by atoms with Crippen molar-refractivity contribution in [1.29, 1.82) is 0 Å². The van der Waals surface area contributed by atoms with Crippen molar-refractivity contribution in [2.45, 2.75) is 45.6 Å². The first kappa shape index (κ1) is 24.0. The van der Waals surface area contributed by atoms with Crippen LogP contribution >= 0.6 is 0 Å². The van der Waals surface area contributed by atoms with Gasteiger partial charge in [0.15, 0.2) is 11.5 Å². The quantitative estimate of drug-likeness (QED) is 0.438. The van der Waals surface area contributed by atoms with Crippen LogP contribution in [0, 0.1) is 6.92 Å². The normalized spacial score (nSPS) is 11.6. The van der Waals surface area contributed by atoms with Gasteiger partial charge in [0.25, 0.3) is 0 Å². The largest absolute Gasteiger partial charge is 0.493 e. The van der Waals surface area contributed by atoms with Crippen molar-refractivity contribution in [2.24, 2.45) is 0 Å². The third-order valence-corrected chi connectivity index (χ3v) is 5.36. The molecule has 1 heterocycles. The summed E-state index contributed by atoms with van der Waals surface area (Å²) in [5.74, 6) is 1.60. The van der Waals surface area contributed by atoms with Crippen LogP contribution in [-0.4, -0.2) is 36.9 Å². The molecular formula is C26H30N2O5. The molecule has 0 bridgehead atoms. The lowest BCUT2D eigenvalue weighted by molar-refractivity contribution is -0.128. The minimum Gasteiger partial charge on any atom is -0.493 e. The molecule has 1 atom stereocenters. The Morgan fingerprint density at radius 1 is 1.06 bits per heavy atom. The third-order valence-electron chi connectivity index (χ3n) is 5.36. The maximum Gasteiger partial charge on any atom is 0.227 e. The summed E-state index contributed by atoms with van der Waals surface area (Å²) < 4.78 is 16.3. The lowest BCUT2D eigenvalue weighted by atomic mass is 10.1. The Labute approximate surface area is 194 Å². The molecule has 0 aliphatic heterocycles. The molecule has 1 unspecified atom stereocenters. The molecule has 3 rings (SSSR count). The number of ether oxygens (including phenoxy) is 2. The van der Waals surface area contributed by atoms with Gasteiger partial charge in [-0.25, -0.2) is 4.98 Å². The number of carbonyl (C=O) groups is 2. The zero-order chi connectivity index (χ0) is 23.8. The van der Waals surface area contributed by atoms with Crippen LogP contribution < -0.4 is 14.8 Å². The zero-order valence-corrected chi connectivity index (χ0v) is 19.5. The molecule has 7 nitrogen and oxygen atoms in total. The SMILES string of the molecule is COc1ccc(-c2nc(CC(=O)CC(=O)NC(C)CCc3ccccc3)c(C)o2)cc1OC. The number of carbonyl (C=O) groups excluding carboxylic acids is 2. The predicted octanol–water partition coefficient (Wildman–Crippen LogP) is 4.31. The number of aromatic nitrogens is 1. The van der Waals surface area contributed by atoms with Crippen molar-refractivity contribution in [3.05, 3.63) is 65.5 Å². The van der Waals surface area contributed by atoms with Gasteiger partial charge in [-0.3, -0.25) is 9.59 Å². The maximum absolute atomic E-state index is 12.5. The van der Waals surface area contributed by atoms with Gasteiger partial charge in [-0.2, -0.15) is 0 Å². The molecule has 0 aliphatic carbocycles. The van der Waals surface area contributed by atoms with Gasteiger partial charge in [-0.05, 0) is 50.5 Å². The predicted molar refractivity (Wildman–Crippen MR) is 125 cm³/mol. The van der Waals surface area contributed by atoms with E-state index in [1.165, 1.54) is 5.56 Å². The van der Waals surface area contributed by atoms with Crippen LogP contribution in [-0.2, 0) is 22.4 Å². The summed E-state index contributed by atoms with van der Waals surface area (Å²) in [7, 11) is 3.12. The summed E-state index contributed by atoms with van der Waals surface area (Å²) in [4.78, 5) is 29.3. The molecule has 0 fully saturated rings. The minimum atomic E-state index is -0.276. The summed E-state index contributed by atoms with van der Waals surface area (Å²) >= 11 is 0. The second kappa shape index (κ2) is 11.3. The number of rotatable bonds is 11. The molecule has 0 spiro atoms. The van der Waals surface area contributed by atoms with E-state index in [1.54, 1.807) is 33.3 Å². The van der Waals surface area contributed by atoms with E-state index in [4.69, 9.17) is 13.9 Å². The van der Waals surface area contributed by atoms with Crippen molar-refractivity contribution in [1.82, 2.24) is 10.3 Å². The second-order valence-corrected chi connectivity index (χ2v) is 7.98. The van der Waals surface area contributed by atoms with E-state index < -0.39 is 0 Å². The number of nitrogens with one attached hydrogen (secondary N) is 1. The molecule has 0 saturated carbocycles. The van der Waals surface area contributed by atoms with Crippen molar-refractivity contribution < 1.29 is 23.5 Å². The lowest BCUT2D eigenvalue weighted by Gasteiger charge is -2.13. The highest BCUT2D eigenvalue weighted by atomic mass is 16.5. The summed E-state index contributed by atoms with van der Waals surface area (Å²) in [6.07, 6.45) is 1.52. The number of nitrogens with zero attached hydrogens (tertiary/aromatic N) is 1. The van der Waals surface area contributed by atoms with Gasteiger partial charge in [0.05, 0.1) is 32.8 Å². The van der Waals surface area contributed by atoms with E-state index in [0.717, 1.165) is 12.8 Å². The molecule has 174 valence electrons. The van der Waals surface area contributed by atoms with E-state index in [2.05, 4.69) is 22.4 Å². The Bertz CT molecular complexity index is 1090. The molecule has 33 heavy (non-hydrogen) atoms. The summed E-state index contributed by atoms with van der Waals surface area (Å²) in [5.41, 5.74) is 2.45. The van der Waals surface area contributed by atoms with E-state index in [9.17, 15) is 9.59 Å². The van der Waals surface area contributed by atoms with Crippen LogP contribution in [0.3, 0.4) is 0 Å². The van der Waals surface area contributed by atoms with Gasteiger partial charge in [0.1, 0.15) is 11.5 Å². The van der Waals surface area contributed by atoms with Gasteiger partial charge >= 0.3 is 0 Å². The van der Waals surface area contributed by atoms with Gasteiger partial charge in [-0.15, -0.1) is 0 Å². The van der Waals surface area contributed by atoms with Crippen LogP contribution in [0.1, 0.15) is 36.8 Å². The monoisotopic (exact) mass is 450 g/mol. The standard InChI is InChI=1S/C26H30N2O5/c1-17(10-11-19-8-6-5-7-9-19)27-25(30)16-21(29)15-22-18(2)33-26(28-22)20-12-13-23(31-3)24(14-20)32-4/h5-9,12-14,17H,10-11,15-16H2,1-4H3,(H,27,30). The molecule has 0 aliphatic rings. The summed E-state index contributed by atoms with van der Waals surface area (Å²) in [6.45, 7) is 3.70. The second-order valence-electron chi connectivity index (χ2n) is 7.98. The van der Waals surface area contributed by atoms with Gasteiger partial charge < -0.3 is 19.2 Å². The number of ketones is 1. The molecule has 0 saturated heterocycles. The highest BCUT2D eigenvalue weighted by Crippen LogP contribution is 2.32. The topological polar surface area (TPSA) is 90.7 Å². The lowest BCUT2D eigenvalue weighted by Crippen LogP contribution is -2.34. The van der Waals surface area contributed by atoms with Gasteiger partial charge in [0.2, 0.25) is 11.8 Å². The Kier molecular flexibility index (Phi) is 8.24. The zero-order valence-electron chi connectivity index (χ0n) is 19.5. The van der Waals surface area contributed by atoms with E-state index in [-0.39, 0.29) is 30.6 Å². The number of oxazole rings is 1. The molecular weight excluding hydrogens is 420 g/mol. The van der Waals surface area contributed by atoms with Crippen molar-refractivity contribution in [3.63, 3.8) is 0 Å². The third kappa shape index (κ3) is 6.68. The Morgan fingerprint density at radius 2 is 1.79 bits per heavy atom. The Morgan fingerprint density at radius 3 is 2.48 bits per heavy atom. The first-order valence-electron chi connectivity index (χ1n) is 10.9. The van der Waals surface area contributed by atoms with Crippen LogP contribution in [0.15, 0.2) is 52.9 Å². The highest BCUT2D eigenvalue weighted by Gasteiger charge is 2.18. The molecule has 1 N–H and O–H groups in total. The molecule has 1 aromatic heterocycles. The fourth-order valence-electron chi connectivity index (χ4n) is 3.54. The number of hydrogen-bond donors (Lipinski definition) is 1. The molecule has 2 aromatic carbocycles. The molecule has 0 radical (unpaired) electrons. The van der Waals surface area contributed by atoms with E-state index in [1.807, 2.05) is 31.2 Å². The number of amides is 1. The first-order valence-corrected chi connectivity index (χ1v) is 10.9. The van der Waals surface area contributed by atoms with Crippen molar-refractivity contribution in [3.8, 4) is 23.0 Å². The average molecular weight is 451 g/mol. The summed E-state index contributed by atoms with van der Waals surface area (Å²) in [6, 6.07) is 15.4. The molecule has 1 amide bonds. The van der Waals surface area contributed by atoms with Gasteiger partial charge in [-0.1, -0.05) is 30.3 Å².